The van der Waals surface area contributed by atoms with E-state index in [9.17, 15) is 9.18 Å². The van der Waals surface area contributed by atoms with Gasteiger partial charge in [0, 0.05) is 30.2 Å². The number of aromatic nitrogens is 1. The molecule has 1 aromatic carbocycles. The lowest BCUT2D eigenvalue weighted by molar-refractivity contribution is 0.0508. The molecule has 0 aliphatic carbocycles. The number of carbonyl (C=O) groups excluding carboxylic acids is 1. The molecule has 6 nitrogen and oxygen atoms in total. The molecule has 148 valence electrons. The Bertz CT molecular complexity index is 818. The number of alkyl carbamates (subject to hydrolysis) is 1. The molecule has 2 N–H and O–H groups in total. The van der Waals surface area contributed by atoms with Gasteiger partial charge in [0.05, 0.1) is 18.2 Å². The number of ether oxygens (including phenoxy) is 2. The molecule has 0 bridgehead atoms. The first kappa shape index (κ1) is 20.9. The summed E-state index contributed by atoms with van der Waals surface area (Å²) in [5.74, 6) is 0.280. The molecule has 2 aromatic rings. The lowest BCUT2D eigenvalue weighted by Gasteiger charge is -2.23. The van der Waals surface area contributed by atoms with Crippen molar-refractivity contribution in [2.45, 2.75) is 46.3 Å². The number of pyridine rings is 1. The van der Waals surface area contributed by atoms with Crippen molar-refractivity contribution in [2.24, 2.45) is 0 Å². The fourth-order valence-electron chi connectivity index (χ4n) is 2.68. The zero-order valence-electron chi connectivity index (χ0n) is 16.8. The lowest BCUT2D eigenvalue weighted by atomic mass is 10.0. The predicted molar refractivity (Wildman–Crippen MR) is 105 cm³/mol. The summed E-state index contributed by atoms with van der Waals surface area (Å²) < 4.78 is 24.3. The highest BCUT2D eigenvalue weighted by Crippen LogP contribution is 2.28. The van der Waals surface area contributed by atoms with E-state index in [4.69, 9.17) is 9.47 Å². The van der Waals surface area contributed by atoms with E-state index in [1.165, 1.54) is 6.07 Å². The van der Waals surface area contributed by atoms with Crippen molar-refractivity contribution < 1.29 is 18.7 Å². The third-order valence-corrected chi connectivity index (χ3v) is 4.00. The molecule has 1 atom stereocenters. The number of benzene rings is 1. The first-order valence-electron chi connectivity index (χ1n) is 8.94. The van der Waals surface area contributed by atoms with Gasteiger partial charge in [-0.1, -0.05) is 0 Å². The zero-order valence-corrected chi connectivity index (χ0v) is 16.8. The smallest absolute Gasteiger partial charge is 0.408 e. The molecule has 1 amide bonds. The Morgan fingerprint density at radius 3 is 2.67 bits per heavy atom. The normalized spacial score (nSPS) is 12.7. The maximum atomic E-state index is 13.9. The number of fused-ring (bicyclic) bond motifs is 1. The van der Waals surface area contributed by atoms with Gasteiger partial charge < -0.3 is 20.1 Å². The standard InChI is InChI=1S/C20H28FN3O3/c1-12-16(21)8-7-14-11-15(13(2)23-19(25)27-20(3,4)5)18(24-17(12)14)22-9-10-26-6/h7-8,11,13H,9-10H2,1-6H3,(H,22,24)(H,23,25). The summed E-state index contributed by atoms with van der Waals surface area (Å²) in [5, 5.41) is 6.84. The second-order valence-corrected chi connectivity index (χ2v) is 7.46. The summed E-state index contributed by atoms with van der Waals surface area (Å²) in [4.78, 5) is 16.7. The molecule has 0 aliphatic rings. The first-order valence-corrected chi connectivity index (χ1v) is 8.94. The van der Waals surface area contributed by atoms with Gasteiger partial charge in [-0.15, -0.1) is 0 Å². The van der Waals surface area contributed by atoms with E-state index in [2.05, 4.69) is 15.6 Å². The van der Waals surface area contributed by atoms with Gasteiger partial charge in [-0.3, -0.25) is 0 Å². The Kier molecular flexibility index (Phi) is 6.59. The van der Waals surface area contributed by atoms with E-state index < -0.39 is 11.7 Å². The van der Waals surface area contributed by atoms with Gasteiger partial charge in [-0.2, -0.15) is 0 Å². The van der Waals surface area contributed by atoms with Crippen LogP contribution in [0.4, 0.5) is 15.0 Å². The summed E-state index contributed by atoms with van der Waals surface area (Å²) in [6.45, 7) is 10.0. The number of methoxy groups -OCH3 is 1. The molecule has 0 spiro atoms. The van der Waals surface area contributed by atoms with E-state index in [-0.39, 0.29) is 11.9 Å². The molecule has 7 heteroatoms. The molecular formula is C20H28FN3O3. The SMILES string of the molecule is COCCNc1nc2c(C)c(F)ccc2cc1C(C)NC(=O)OC(C)(C)C. The number of aryl methyl sites for hydroxylation is 1. The Hall–Kier alpha value is -2.41. The van der Waals surface area contributed by atoms with Crippen LogP contribution in [-0.2, 0) is 9.47 Å². The van der Waals surface area contributed by atoms with Crippen LogP contribution in [0.15, 0.2) is 18.2 Å². The van der Waals surface area contributed by atoms with Gasteiger partial charge in [0.1, 0.15) is 17.2 Å². The van der Waals surface area contributed by atoms with Crippen LogP contribution in [0.1, 0.15) is 44.9 Å². The fraction of sp³-hybridized carbons (Fsp3) is 0.500. The fourth-order valence-corrected chi connectivity index (χ4v) is 2.68. The molecule has 0 fully saturated rings. The van der Waals surface area contributed by atoms with E-state index in [1.54, 1.807) is 20.1 Å². The number of anilines is 1. The lowest BCUT2D eigenvalue weighted by Crippen LogP contribution is -2.34. The quantitative estimate of drug-likeness (QED) is 0.733. The summed E-state index contributed by atoms with van der Waals surface area (Å²) in [6.07, 6.45) is -0.506. The Morgan fingerprint density at radius 1 is 1.33 bits per heavy atom. The van der Waals surface area contributed by atoms with Crippen molar-refractivity contribution in [2.75, 3.05) is 25.6 Å². The van der Waals surface area contributed by atoms with Crippen LogP contribution >= 0.6 is 0 Å². The van der Waals surface area contributed by atoms with Gasteiger partial charge in [0.2, 0.25) is 0 Å². The number of nitrogens with one attached hydrogen (secondary N) is 2. The van der Waals surface area contributed by atoms with Crippen LogP contribution in [0.3, 0.4) is 0 Å². The van der Waals surface area contributed by atoms with E-state index >= 15 is 0 Å². The van der Waals surface area contributed by atoms with Gasteiger partial charge >= 0.3 is 6.09 Å². The zero-order chi connectivity index (χ0) is 20.2. The monoisotopic (exact) mass is 377 g/mol. The molecule has 1 heterocycles. The van der Waals surface area contributed by atoms with Crippen molar-refractivity contribution in [3.05, 3.63) is 35.1 Å². The van der Waals surface area contributed by atoms with Gasteiger partial charge in [0.25, 0.3) is 0 Å². The Balaban J connectivity index is 2.38. The van der Waals surface area contributed by atoms with Crippen LogP contribution in [0, 0.1) is 12.7 Å². The molecule has 0 radical (unpaired) electrons. The van der Waals surface area contributed by atoms with E-state index in [0.29, 0.717) is 30.0 Å². The minimum Gasteiger partial charge on any atom is -0.444 e. The molecule has 0 saturated heterocycles. The largest absolute Gasteiger partial charge is 0.444 e. The van der Waals surface area contributed by atoms with E-state index in [1.807, 2.05) is 33.8 Å². The third-order valence-electron chi connectivity index (χ3n) is 4.00. The van der Waals surface area contributed by atoms with Crippen LogP contribution in [0.5, 0.6) is 0 Å². The number of hydrogen-bond donors (Lipinski definition) is 2. The summed E-state index contributed by atoms with van der Waals surface area (Å²) in [6, 6.07) is 4.67. The average Bonchev–Trinajstić information content (AvgIpc) is 2.56. The van der Waals surface area contributed by atoms with Crippen LogP contribution < -0.4 is 10.6 Å². The highest BCUT2D eigenvalue weighted by Gasteiger charge is 2.21. The number of nitrogens with zero attached hydrogens (tertiary/aromatic N) is 1. The Morgan fingerprint density at radius 2 is 2.04 bits per heavy atom. The average molecular weight is 377 g/mol. The van der Waals surface area contributed by atoms with E-state index in [0.717, 1.165) is 10.9 Å². The number of hydrogen-bond acceptors (Lipinski definition) is 5. The number of rotatable bonds is 6. The molecule has 2 rings (SSSR count). The van der Waals surface area contributed by atoms with Gasteiger partial charge in [0.15, 0.2) is 0 Å². The van der Waals surface area contributed by atoms with Crippen LogP contribution in [-0.4, -0.2) is 36.9 Å². The van der Waals surface area contributed by atoms with Crippen molar-refractivity contribution >= 4 is 22.8 Å². The molecule has 0 saturated carbocycles. The highest BCUT2D eigenvalue weighted by atomic mass is 19.1. The first-order chi connectivity index (χ1) is 12.6. The molecule has 1 unspecified atom stereocenters. The minimum atomic E-state index is -0.584. The van der Waals surface area contributed by atoms with Crippen molar-refractivity contribution in [1.29, 1.82) is 0 Å². The van der Waals surface area contributed by atoms with Crippen molar-refractivity contribution in [1.82, 2.24) is 10.3 Å². The topological polar surface area (TPSA) is 72.5 Å². The second kappa shape index (κ2) is 8.52. The van der Waals surface area contributed by atoms with Crippen molar-refractivity contribution in [3.63, 3.8) is 0 Å². The summed E-state index contributed by atoms with van der Waals surface area (Å²) in [5.41, 5.74) is 1.28. The van der Waals surface area contributed by atoms with Crippen molar-refractivity contribution in [3.8, 4) is 0 Å². The number of carbonyl (C=O) groups is 1. The summed E-state index contributed by atoms with van der Waals surface area (Å²) in [7, 11) is 1.61. The minimum absolute atomic E-state index is 0.300. The van der Waals surface area contributed by atoms with Crippen LogP contribution in [0.2, 0.25) is 0 Å². The summed E-state index contributed by atoms with van der Waals surface area (Å²) >= 11 is 0. The van der Waals surface area contributed by atoms with Gasteiger partial charge in [-0.05, 0) is 52.8 Å². The number of amides is 1. The molecular weight excluding hydrogens is 349 g/mol. The maximum absolute atomic E-state index is 13.9. The third kappa shape index (κ3) is 5.53. The molecule has 27 heavy (non-hydrogen) atoms. The molecule has 1 aromatic heterocycles. The predicted octanol–water partition coefficient (Wildman–Crippen LogP) is 4.33. The van der Waals surface area contributed by atoms with Crippen LogP contribution in [0.25, 0.3) is 10.9 Å². The highest BCUT2D eigenvalue weighted by molar-refractivity contribution is 5.85. The molecule has 0 aliphatic heterocycles. The van der Waals surface area contributed by atoms with Gasteiger partial charge in [-0.25, -0.2) is 14.2 Å². The maximum Gasteiger partial charge on any atom is 0.408 e. The second-order valence-electron chi connectivity index (χ2n) is 7.46. The Labute approximate surface area is 159 Å². The number of halogens is 1.